The van der Waals surface area contributed by atoms with E-state index in [0.29, 0.717) is 5.75 Å². The predicted molar refractivity (Wildman–Crippen MR) is 83.2 cm³/mol. The highest BCUT2D eigenvalue weighted by atomic mass is 16.6. The van der Waals surface area contributed by atoms with Crippen molar-refractivity contribution >= 4 is 23.6 Å². The summed E-state index contributed by atoms with van der Waals surface area (Å²) in [5.41, 5.74) is 8.06. The number of rotatable bonds is 7. The van der Waals surface area contributed by atoms with Gasteiger partial charge in [0, 0.05) is 12.3 Å². The molecule has 1 heterocycles. The molecule has 0 saturated heterocycles. The van der Waals surface area contributed by atoms with Crippen LogP contribution in [0.15, 0.2) is 47.7 Å². The number of nitro groups is 1. The number of anilines is 1. The minimum absolute atomic E-state index is 0.0511. The number of nitrogens with zero attached hydrogens (tertiary/aromatic N) is 3. The summed E-state index contributed by atoms with van der Waals surface area (Å²) in [4.78, 5) is 24.7. The Morgan fingerprint density at radius 3 is 2.78 bits per heavy atom. The second-order valence-electron chi connectivity index (χ2n) is 4.32. The molecule has 9 nitrogen and oxygen atoms in total. The molecule has 0 unspecified atom stereocenters. The van der Waals surface area contributed by atoms with Crippen LogP contribution >= 0.6 is 0 Å². The molecule has 0 aliphatic heterocycles. The highest BCUT2D eigenvalue weighted by Crippen LogP contribution is 2.20. The Hall–Kier alpha value is -3.49. The second-order valence-corrected chi connectivity index (χ2v) is 4.32. The number of aromatic nitrogens is 1. The zero-order valence-electron chi connectivity index (χ0n) is 11.9. The van der Waals surface area contributed by atoms with Gasteiger partial charge in [0.05, 0.1) is 11.1 Å². The summed E-state index contributed by atoms with van der Waals surface area (Å²) < 4.78 is 5.12. The van der Waals surface area contributed by atoms with Gasteiger partial charge in [0.25, 0.3) is 5.91 Å². The van der Waals surface area contributed by atoms with Crippen molar-refractivity contribution in [3.05, 3.63) is 58.3 Å². The largest absolute Gasteiger partial charge is 0.484 e. The number of ether oxygens (including phenoxy) is 1. The van der Waals surface area contributed by atoms with Crippen molar-refractivity contribution in [2.75, 3.05) is 12.0 Å². The number of carbonyl (C=O) groups is 1. The second kappa shape index (κ2) is 7.50. The highest BCUT2D eigenvalue weighted by molar-refractivity contribution is 5.80. The summed E-state index contributed by atoms with van der Waals surface area (Å²) in [7, 11) is 0. The number of hydrazone groups is 1. The molecule has 0 fully saturated rings. The Labute approximate surface area is 130 Å². The number of benzene rings is 1. The van der Waals surface area contributed by atoms with Crippen LogP contribution in [-0.2, 0) is 4.79 Å². The first-order chi connectivity index (χ1) is 11.1. The quantitative estimate of drug-likeness (QED) is 0.449. The van der Waals surface area contributed by atoms with E-state index in [2.05, 4.69) is 15.5 Å². The van der Waals surface area contributed by atoms with Crippen molar-refractivity contribution in [1.82, 2.24) is 4.98 Å². The maximum Gasteiger partial charge on any atom is 0.313 e. The highest BCUT2D eigenvalue weighted by Gasteiger charge is 2.12. The molecule has 0 spiro atoms. The van der Waals surface area contributed by atoms with Crippen molar-refractivity contribution < 1.29 is 14.5 Å². The number of carbonyl (C=O) groups excluding carboxylic acids is 1. The van der Waals surface area contributed by atoms with Gasteiger partial charge in [-0.3, -0.25) is 20.3 Å². The third-order valence-corrected chi connectivity index (χ3v) is 2.63. The van der Waals surface area contributed by atoms with Gasteiger partial charge in [-0.2, -0.15) is 5.10 Å². The Kier molecular flexibility index (Phi) is 5.18. The molecule has 0 aliphatic rings. The fourth-order valence-corrected chi connectivity index (χ4v) is 1.60. The van der Waals surface area contributed by atoms with E-state index in [-0.39, 0.29) is 18.1 Å². The van der Waals surface area contributed by atoms with E-state index in [1.165, 1.54) is 24.5 Å². The number of hydrogen-bond donors (Lipinski definition) is 2. The SMILES string of the molecule is NC(=O)COc1ccc(/C=N/Nc2ncccc2[N+](=O)[O-])cc1. The third kappa shape index (κ3) is 4.77. The molecule has 3 N–H and O–H groups in total. The number of amides is 1. The number of nitrogens with one attached hydrogen (secondary N) is 1. The van der Waals surface area contributed by atoms with Gasteiger partial charge in [0.1, 0.15) is 5.75 Å². The maximum absolute atomic E-state index is 10.8. The van der Waals surface area contributed by atoms with Crippen molar-refractivity contribution in [2.24, 2.45) is 10.8 Å². The van der Waals surface area contributed by atoms with Crippen molar-refractivity contribution in [2.45, 2.75) is 0 Å². The number of pyridine rings is 1. The van der Waals surface area contributed by atoms with Gasteiger partial charge in [0.2, 0.25) is 5.82 Å². The summed E-state index contributed by atoms with van der Waals surface area (Å²) >= 11 is 0. The molecule has 0 atom stereocenters. The topological polar surface area (TPSA) is 133 Å². The molecule has 118 valence electrons. The van der Waals surface area contributed by atoms with Crippen LogP contribution in [-0.4, -0.2) is 28.6 Å². The fourth-order valence-electron chi connectivity index (χ4n) is 1.60. The molecule has 0 bridgehead atoms. The van der Waals surface area contributed by atoms with E-state index in [1.54, 1.807) is 24.3 Å². The third-order valence-electron chi connectivity index (χ3n) is 2.63. The van der Waals surface area contributed by atoms with Crippen LogP contribution < -0.4 is 15.9 Å². The average molecular weight is 315 g/mol. The smallest absolute Gasteiger partial charge is 0.313 e. The lowest BCUT2D eigenvalue weighted by Crippen LogP contribution is -2.19. The average Bonchev–Trinajstić information content (AvgIpc) is 2.54. The van der Waals surface area contributed by atoms with Crippen LogP contribution in [0.1, 0.15) is 5.56 Å². The maximum atomic E-state index is 10.8. The van der Waals surface area contributed by atoms with Gasteiger partial charge in [-0.05, 0) is 35.9 Å². The van der Waals surface area contributed by atoms with Gasteiger partial charge in [0.15, 0.2) is 6.61 Å². The molecule has 0 radical (unpaired) electrons. The van der Waals surface area contributed by atoms with E-state index in [0.717, 1.165) is 5.56 Å². The number of nitrogens with two attached hydrogens (primary N) is 1. The minimum atomic E-state index is -0.559. The van der Waals surface area contributed by atoms with Crippen molar-refractivity contribution in [1.29, 1.82) is 0 Å². The van der Waals surface area contributed by atoms with Crippen LogP contribution in [0.4, 0.5) is 11.5 Å². The molecule has 1 aromatic carbocycles. The summed E-state index contributed by atoms with van der Waals surface area (Å²) in [5.74, 6) is -0.0128. The van der Waals surface area contributed by atoms with Crippen molar-refractivity contribution in [3.8, 4) is 5.75 Å². The van der Waals surface area contributed by atoms with E-state index in [4.69, 9.17) is 10.5 Å². The molecule has 2 rings (SSSR count). The number of hydrogen-bond acceptors (Lipinski definition) is 7. The minimum Gasteiger partial charge on any atom is -0.484 e. The van der Waals surface area contributed by atoms with Gasteiger partial charge in [-0.15, -0.1) is 0 Å². The zero-order chi connectivity index (χ0) is 16.7. The first-order valence-electron chi connectivity index (χ1n) is 6.46. The summed E-state index contributed by atoms with van der Waals surface area (Å²) in [6.45, 7) is -0.196. The van der Waals surface area contributed by atoms with E-state index in [9.17, 15) is 14.9 Å². The van der Waals surface area contributed by atoms with Crippen LogP contribution in [0.25, 0.3) is 0 Å². The molecule has 0 saturated carbocycles. The van der Waals surface area contributed by atoms with E-state index in [1.807, 2.05) is 0 Å². The molecule has 1 aromatic heterocycles. The van der Waals surface area contributed by atoms with Crippen LogP contribution in [0, 0.1) is 10.1 Å². The van der Waals surface area contributed by atoms with Gasteiger partial charge in [-0.1, -0.05) is 0 Å². The molecule has 2 aromatic rings. The van der Waals surface area contributed by atoms with Gasteiger partial charge in [-0.25, -0.2) is 4.98 Å². The predicted octanol–water partition coefficient (Wildman–Crippen LogP) is 1.30. The van der Waals surface area contributed by atoms with Crippen molar-refractivity contribution in [3.63, 3.8) is 0 Å². The van der Waals surface area contributed by atoms with E-state index >= 15 is 0 Å². The molecule has 9 heteroatoms. The van der Waals surface area contributed by atoms with Crippen LogP contribution in [0.5, 0.6) is 5.75 Å². The van der Waals surface area contributed by atoms with E-state index < -0.39 is 10.8 Å². The van der Waals surface area contributed by atoms with Gasteiger partial charge < -0.3 is 10.5 Å². The number of primary amides is 1. The van der Waals surface area contributed by atoms with Gasteiger partial charge >= 0.3 is 5.69 Å². The Bertz CT molecular complexity index is 730. The standard InChI is InChI=1S/C14H13N5O4/c15-13(20)9-23-11-5-3-10(4-6-11)8-17-18-14-12(19(21)22)2-1-7-16-14/h1-8H,9H2,(H2,15,20)(H,16,18)/b17-8+. The summed E-state index contributed by atoms with van der Waals surface area (Å²) in [5, 5.41) is 14.7. The fraction of sp³-hybridized carbons (Fsp3) is 0.0714. The Balaban J connectivity index is 1.98. The van der Waals surface area contributed by atoms with Crippen LogP contribution in [0.2, 0.25) is 0 Å². The zero-order valence-corrected chi connectivity index (χ0v) is 11.9. The van der Waals surface area contributed by atoms with Crippen LogP contribution in [0.3, 0.4) is 0 Å². The Morgan fingerprint density at radius 1 is 1.39 bits per heavy atom. The first-order valence-corrected chi connectivity index (χ1v) is 6.46. The molecular weight excluding hydrogens is 302 g/mol. The normalized spacial score (nSPS) is 10.4. The summed E-state index contributed by atoms with van der Waals surface area (Å²) in [6.07, 6.45) is 2.89. The molecule has 23 heavy (non-hydrogen) atoms. The molecule has 1 amide bonds. The monoisotopic (exact) mass is 315 g/mol. The summed E-state index contributed by atoms with van der Waals surface area (Å²) in [6, 6.07) is 9.50. The Morgan fingerprint density at radius 2 is 2.13 bits per heavy atom. The lowest BCUT2D eigenvalue weighted by atomic mass is 10.2. The molecule has 0 aliphatic carbocycles. The lowest BCUT2D eigenvalue weighted by Gasteiger charge is -2.03. The lowest BCUT2D eigenvalue weighted by molar-refractivity contribution is -0.384. The first kappa shape index (κ1) is 15.9. The molecular formula is C14H13N5O4.